The molecule has 0 unspecified atom stereocenters. The fraction of sp³-hybridized carbons (Fsp3) is 0.176. The molecule has 0 spiro atoms. The van der Waals surface area contributed by atoms with Gasteiger partial charge in [-0.15, -0.1) is 11.3 Å². The van der Waals surface area contributed by atoms with E-state index in [4.69, 9.17) is 11.5 Å². The van der Waals surface area contributed by atoms with E-state index in [9.17, 15) is 9.59 Å². The Labute approximate surface area is 152 Å². The predicted octanol–water partition coefficient (Wildman–Crippen LogP) is 1.74. The zero-order chi connectivity index (χ0) is 18.3. The summed E-state index contributed by atoms with van der Waals surface area (Å²) < 4.78 is 1.96. The molecule has 5 N–H and O–H groups in total. The highest BCUT2D eigenvalue weighted by molar-refractivity contribution is 7.20. The molecule has 0 aromatic carbocycles. The summed E-state index contributed by atoms with van der Waals surface area (Å²) in [6.45, 7) is 0.646. The molecule has 3 heterocycles. The lowest BCUT2D eigenvalue weighted by atomic mass is 9.93. The van der Waals surface area contributed by atoms with Gasteiger partial charge in [0.1, 0.15) is 5.00 Å². The van der Waals surface area contributed by atoms with Gasteiger partial charge < -0.3 is 11.5 Å². The Hall–Kier alpha value is -3.20. The summed E-state index contributed by atoms with van der Waals surface area (Å²) in [5.74, 6) is -0.570. The molecular weight excluding hydrogens is 352 g/mol. The molecule has 0 saturated heterocycles. The molecule has 8 nitrogen and oxygen atoms in total. The summed E-state index contributed by atoms with van der Waals surface area (Å²) >= 11 is 1.30. The lowest BCUT2D eigenvalue weighted by Crippen LogP contribution is -2.22. The van der Waals surface area contributed by atoms with Gasteiger partial charge in [0.2, 0.25) is 0 Å². The van der Waals surface area contributed by atoms with Crippen LogP contribution in [0.15, 0.2) is 30.7 Å². The van der Waals surface area contributed by atoms with Crippen LogP contribution in [0.2, 0.25) is 0 Å². The van der Waals surface area contributed by atoms with Crippen molar-refractivity contribution in [2.24, 2.45) is 11.5 Å². The number of nitrogens with two attached hydrogens (primary N) is 2. The molecule has 3 aromatic rings. The van der Waals surface area contributed by atoms with Crippen molar-refractivity contribution in [2.75, 3.05) is 5.32 Å². The first kappa shape index (κ1) is 16.3. The van der Waals surface area contributed by atoms with E-state index in [1.165, 1.54) is 11.3 Å². The molecule has 0 aliphatic heterocycles. The molecule has 1 aliphatic rings. The van der Waals surface area contributed by atoms with Crippen LogP contribution in [-0.2, 0) is 19.4 Å². The van der Waals surface area contributed by atoms with Crippen LogP contribution < -0.4 is 16.8 Å². The summed E-state index contributed by atoms with van der Waals surface area (Å²) in [7, 11) is 0. The summed E-state index contributed by atoms with van der Waals surface area (Å²) in [6, 6.07) is 3.18. The van der Waals surface area contributed by atoms with Crippen molar-refractivity contribution in [1.29, 1.82) is 0 Å². The maximum Gasteiger partial charge on any atom is 0.317 e. The Kier molecular flexibility index (Phi) is 3.92. The SMILES string of the molecule is NC(=O)Nc1sc2c(c1C(N)=O)CCc1c-2cnn1Cc1ccncc1. The highest BCUT2D eigenvalue weighted by Gasteiger charge is 2.29. The van der Waals surface area contributed by atoms with Gasteiger partial charge in [-0.1, -0.05) is 0 Å². The molecule has 9 heteroatoms. The smallest absolute Gasteiger partial charge is 0.317 e. The number of rotatable bonds is 4. The number of pyridine rings is 1. The molecule has 0 fully saturated rings. The number of nitrogens with one attached hydrogen (secondary N) is 1. The Bertz CT molecular complexity index is 1010. The van der Waals surface area contributed by atoms with E-state index in [0.717, 1.165) is 33.7 Å². The fourth-order valence-electron chi connectivity index (χ4n) is 3.29. The summed E-state index contributed by atoms with van der Waals surface area (Å²) in [4.78, 5) is 28.1. The van der Waals surface area contributed by atoms with E-state index >= 15 is 0 Å². The summed E-state index contributed by atoms with van der Waals surface area (Å²) in [5.41, 5.74) is 15.1. The molecule has 4 rings (SSSR count). The number of thiophene rings is 1. The molecular formula is C17H16N6O2S. The van der Waals surface area contributed by atoms with Crippen LogP contribution >= 0.6 is 11.3 Å². The Morgan fingerprint density at radius 2 is 2.00 bits per heavy atom. The van der Waals surface area contributed by atoms with Crippen molar-refractivity contribution in [3.63, 3.8) is 0 Å². The number of primary amides is 2. The van der Waals surface area contributed by atoms with Crippen molar-refractivity contribution in [3.8, 4) is 10.4 Å². The third-order valence-electron chi connectivity index (χ3n) is 4.38. The van der Waals surface area contributed by atoms with Crippen LogP contribution in [0.4, 0.5) is 9.80 Å². The minimum absolute atomic E-state index is 0.344. The highest BCUT2D eigenvalue weighted by atomic mass is 32.1. The molecule has 0 saturated carbocycles. The maximum atomic E-state index is 11.9. The van der Waals surface area contributed by atoms with Crippen LogP contribution in [0, 0.1) is 0 Å². The largest absolute Gasteiger partial charge is 0.365 e. The van der Waals surface area contributed by atoms with Gasteiger partial charge >= 0.3 is 6.03 Å². The van der Waals surface area contributed by atoms with Crippen LogP contribution in [-0.4, -0.2) is 26.7 Å². The average molecular weight is 368 g/mol. The monoisotopic (exact) mass is 368 g/mol. The molecule has 3 amide bonds. The second-order valence-electron chi connectivity index (χ2n) is 5.99. The molecule has 0 radical (unpaired) electrons. The zero-order valence-electron chi connectivity index (χ0n) is 13.7. The van der Waals surface area contributed by atoms with Crippen molar-refractivity contribution >= 4 is 28.3 Å². The van der Waals surface area contributed by atoms with Gasteiger partial charge in [0, 0.05) is 28.5 Å². The van der Waals surface area contributed by atoms with Crippen molar-refractivity contribution in [2.45, 2.75) is 19.4 Å². The number of urea groups is 1. The van der Waals surface area contributed by atoms with Gasteiger partial charge in [-0.2, -0.15) is 5.10 Å². The van der Waals surface area contributed by atoms with Crippen LogP contribution in [0.25, 0.3) is 10.4 Å². The highest BCUT2D eigenvalue weighted by Crippen LogP contribution is 2.45. The van der Waals surface area contributed by atoms with Gasteiger partial charge in [-0.05, 0) is 36.1 Å². The van der Waals surface area contributed by atoms with E-state index in [1.807, 2.05) is 16.8 Å². The first-order valence-electron chi connectivity index (χ1n) is 8.00. The Morgan fingerprint density at radius 3 is 2.69 bits per heavy atom. The van der Waals surface area contributed by atoms with Gasteiger partial charge in [-0.25, -0.2) is 4.79 Å². The number of hydrogen-bond donors (Lipinski definition) is 3. The number of carbonyl (C=O) groups is 2. The van der Waals surface area contributed by atoms with E-state index in [0.29, 0.717) is 23.5 Å². The van der Waals surface area contributed by atoms with E-state index in [1.54, 1.807) is 18.6 Å². The lowest BCUT2D eigenvalue weighted by molar-refractivity contribution is 0.100. The fourth-order valence-corrected chi connectivity index (χ4v) is 4.58. The topological polar surface area (TPSA) is 129 Å². The average Bonchev–Trinajstić information content (AvgIpc) is 3.16. The molecule has 3 aromatic heterocycles. The Balaban J connectivity index is 1.76. The quantitative estimate of drug-likeness (QED) is 0.648. The van der Waals surface area contributed by atoms with Crippen molar-refractivity contribution < 1.29 is 9.59 Å². The van der Waals surface area contributed by atoms with E-state index in [-0.39, 0.29) is 0 Å². The van der Waals surface area contributed by atoms with Gasteiger partial charge in [0.05, 0.1) is 18.3 Å². The number of fused-ring (bicyclic) bond motifs is 3. The maximum absolute atomic E-state index is 11.9. The molecule has 1 aliphatic carbocycles. The number of nitrogens with zero attached hydrogens (tertiary/aromatic N) is 3. The molecule has 0 bridgehead atoms. The number of amides is 3. The minimum atomic E-state index is -0.722. The third kappa shape index (κ3) is 2.72. The van der Waals surface area contributed by atoms with Crippen LogP contribution in [0.5, 0.6) is 0 Å². The van der Waals surface area contributed by atoms with Crippen LogP contribution in [0.1, 0.15) is 27.2 Å². The third-order valence-corrected chi connectivity index (χ3v) is 5.56. The second-order valence-corrected chi connectivity index (χ2v) is 7.01. The zero-order valence-corrected chi connectivity index (χ0v) is 14.5. The van der Waals surface area contributed by atoms with Crippen LogP contribution in [0.3, 0.4) is 0 Å². The number of aromatic nitrogens is 3. The minimum Gasteiger partial charge on any atom is -0.365 e. The molecule has 132 valence electrons. The first-order chi connectivity index (χ1) is 12.5. The summed E-state index contributed by atoms with van der Waals surface area (Å²) in [6.07, 6.45) is 6.69. The van der Waals surface area contributed by atoms with E-state index < -0.39 is 11.9 Å². The lowest BCUT2D eigenvalue weighted by Gasteiger charge is -2.15. The van der Waals surface area contributed by atoms with Gasteiger partial charge in [0.15, 0.2) is 0 Å². The van der Waals surface area contributed by atoms with Gasteiger partial charge in [0.25, 0.3) is 5.91 Å². The second kappa shape index (κ2) is 6.26. The van der Waals surface area contributed by atoms with Crippen molar-refractivity contribution in [3.05, 3.63) is 53.1 Å². The standard InChI is InChI=1S/C17H16N6O2S/c18-15(24)13-10-1-2-12-11(14(10)26-16(13)22-17(19)25)7-21-23(12)8-9-3-5-20-6-4-9/h3-7H,1-2,8H2,(H2,18,24)(H3,19,22,25). The molecule has 0 atom stereocenters. The van der Waals surface area contributed by atoms with Crippen molar-refractivity contribution in [1.82, 2.24) is 14.8 Å². The normalized spacial score (nSPS) is 12.3. The number of hydrogen-bond acceptors (Lipinski definition) is 5. The number of carbonyl (C=O) groups excluding carboxylic acids is 2. The van der Waals surface area contributed by atoms with Gasteiger partial charge in [-0.3, -0.25) is 19.8 Å². The molecule has 26 heavy (non-hydrogen) atoms. The Morgan fingerprint density at radius 1 is 1.23 bits per heavy atom. The first-order valence-corrected chi connectivity index (χ1v) is 8.82. The summed E-state index contributed by atoms with van der Waals surface area (Å²) in [5, 5.41) is 7.42. The number of anilines is 1. The van der Waals surface area contributed by atoms with E-state index in [2.05, 4.69) is 15.4 Å². The predicted molar refractivity (Wildman–Crippen MR) is 98.0 cm³/mol.